The molecular weight excluding hydrogens is 687 g/mol. The first-order valence-corrected chi connectivity index (χ1v) is 17.1. The zero-order chi connectivity index (χ0) is 35.4. The molecule has 2 aliphatic rings. The molecule has 2 aromatic carbocycles. The Labute approximate surface area is 312 Å². The van der Waals surface area contributed by atoms with Crippen LogP contribution in [0.25, 0.3) is 44.2 Å². The van der Waals surface area contributed by atoms with Crippen molar-refractivity contribution in [2.24, 2.45) is 0 Å². The molecule has 0 atom stereocenters. The Morgan fingerprint density at radius 2 is 1.19 bits per heavy atom. The van der Waals surface area contributed by atoms with Crippen LogP contribution >= 0.6 is 0 Å². The Hall–Kier alpha value is -5.88. The minimum Gasteiger partial charge on any atom is -0.423 e. The molecule has 0 bridgehead atoms. The maximum Gasteiger partial charge on any atom is 0.489 e. The summed E-state index contributed by atoms with van der Waals surface area (Å²) >= 11 is 0. The average molecular weight is 733 g/mol. The van der Waals surface area contributed by atoms with E-state index in [0.29, 0.717) is 11.3 Å². The zero-order valence-corrected chi connectivity index (χ0v) is 28.5. The lowest BCUT2D eigenvalue weighted by Gasteiger charge is -2.28. The summed E-state index contributed by atoms with van der Waals surface area (Å²) in [4.78, 5) is 14.0. The lowest BCUT2D eigenvalue weighted by molar-refractivity contribution is 0.122. The number of morpholine rings is 2. The number of aromatic nitrogens is 10. The summed E-state index contributed by atoms with van der Waals surface area (Å²) in [5, 5.41) is 42.4. The van der Waals surface area contributed by atoms with E-state index in [2.05, 4.69) is 40.3 Å². The van der Waals surface area contributed by atoms with Gasteiger partial charge in [-0.25, -0.2) is 19.0 Å². The van der Waals surface area contributed by atoms with Gasteiger partial charge in [0.1, 0.15) is 16.9 Å². The van der Waals surface area contributed by atoms with Gasteiger partial charge < -0.3 is 29.3 Å². The number of aryl methyl sites for hydroxylation is 1. The molecule has 2 aliphatic heterocycles. The molecule has 280 valence electrons. The fraction of sp³-hybridized carbons (Fsp3) is 0.297. The van der Waals surface area contributed by atoms with Gasteiger partial charge in [0.2, 0.25) is 0 Å². The molecule has 6 aromatic heterocycles. The third-order valence-corrected chi connectivity index (χ3v) is 8.99. The molecule has 0 aliphatic carbocycles. The topological polar surface area (TPSA) is 183 Å². The molecule has 2 saturated heterocycles. The largest absolute Gasteiger partial charge is 0.489 e. The molecule has 54 heavy (non-hydrogen) atoms. The van der Waals surface area contributed by atoms with E-state index in [1.54, 1.807) is 18.3 Å². The first-order valence-electron chi connectivity index (χ1n) is 17.1. The first-order chi connectivity index (χ1) is 25.5. The van der Waals surface area contributed by atoms with Crippen LogP contribution < -0.4 is 15.3 Å². The van der Waals surface area contributed by atoms with Gasteiger partial charge in [-0.2, -0.15) is 15.3 Å². The van der Waals surface area contributed by atoms with E-state index in [4.69, 9.17) is 29.6 Å². The summed E-state index contributed by atoms with van der Waals surface area (Å²) in [7, 11) is -1.44. The van der Waals surface area contributed by atoms with E-state index in [1.807, 2.05) is 83.1 Å². The van der Waals surface area contributed by atoms with E-state index >= 15 is 0 Å². The van der Waals surface area contributed by atoms with Crippen LogP contribution in [0.2, 0.25) is 0 Å². The monoisotopic (exact) mass is 732 g/mol. The summed E-state index contributed by atoms with van der Waals surface area (Å²) in [6, 6.07) is 19.3. The average Bonchev–Trinajstić information content (AvgIpc) is 4.02. The van der Waals surface area contributed by atoms with E-state index in [-0.39, 0.29) is 14.9 Å². The Bertz CT molecular complexity index is 2430. The third kappa shape index (κ3) is 7.74. The smallest absolute Gasteiger partial charge is 0.423 e. The second kappa shape index (κ2) is 16.9. The number of anilines is 2. The minimum atomic E-state index is -1.44. The number of hydrogen-bond donors (Lipinski definition) is 4. The fourth-order valence-corrected chi connectivity index (χ4v) is 6.45. The van der Waals surface area contributed by atoms with Crippen molar-refractivity contribution in [1.82, 2.24) is 49.6 Å². The van der Waals surface area contributed by atoms with Crippen molar-refractivity contribution >= 4 is 57.1 Å². The highest BCUT2D eigenvalue weighted by Crippen LogP contribution is 2.28. The fourth-order valence-electron chi connectivity index (χ4n) is 6.45. The van der Waals surface area contributed by atoms with Crippen LogP contribution in [0.15, 0.2) is 85.5 Å². The number of nitrogens with zero attached hydrogens (tertiary/aromatic N) is 10. The van der Waals surface area contributed by atoms with Crippen LogP contribution in [0.1, 0.15) is 20.7 Å². The standard InChI is InChI=1S/C17H16N6O.C11H14N4O.C7H7BN2O2.2CH4/c1-3-12(13-11-18-20-14(13)4-1)16-19-17(22-7-9-24-10-8-22)15-5-2-6-23(15)21-16;1-9-12-11(14-5-7-16-8-6-14)10-3-2-4-15(10)13-9;11-8(12)6-2-1-3-7-5(6)4-9-10-7;;/h1-6,11H,7-10H2,(H,18,20);2-4H,5-8H2,1H3;1-4,11-12H,(H,9,10);2*1H4. The van der Waals surface area contributed by atoms with Gasteiger partial charge in [0.25, 0.3) is 0 Å². The van der Waals surface area contributed by atoms with Crippen molar-refractivity contribution in [1.29, 1.82) is 0 Å². The molecule has 8 aromatic rings. The highest BCUT2D eigenvalue weighted by atomic mass is 16.5. The second-order valence-corrected chi connectivity index (χ2v) is 12.3. The lowest BCUT2D eigenvalue weighted by Crippen LogP contribution is -2.37. The molecule has 2 fully saturated rings. The molecule has 10 rings (SSSR count). The highest BCUT2D eigenvalue weighted by Gasteiger charge is 2.20. The number of rotatable bonds is 4. The lowest BCUT2D eigenvalue weighted by atomic mass is 9.78. The molecule has 0 unspecified atom stereocenters. The molecule has 0 amide bonds. The van der Waals surface area contributed by atoms with E-state index in [9.17, 15) is 0 Å². The summed E-state index contributed by atoms with van der Waals surface area (Å²) in [6.45, 7) is 8.40. The highest BCUT2D eigenvalue weighted by molar-refractivity contribution is 6.61. The van der Waals surface area contributed by atoms with Gasteiger partial charge in [0, 0.05) is 54.9 Å². The second-order valence-electron chi connectivity index (χ2n) is 12.3. The van der Waals surface area contributed by atoms with Crippen LogP contribution in [-0.2, 0) is 9.47 Å². The SMILES string of the molecule is C.C.Cc1nc(N2CCOCC2)c2cccn2n1.OB(O)c1cccc2[nH]ncc12.c1cc(-c2nc(N3CCOCC3)c3cccn3n2)c2cn[nH]c2c1. The predicted molar refractivity (Wildman–Crippen MR) is 211 cm³/mol. The van der Waals surface area contributed by atoms with Gasteiger partial charge in [-0.1, -0.05) is 39.1 Å². The summed E-state index contributed by atoms with van der Waals surface area (Å²) in [6.07, 6.45) is 7.31. The predicted octanol–water partition coefficient (Wildman–Crippen LogP) is 3.50. The number of fused-ring (bicyclic) bond motifs is 4. The number of H-pyrrole nitrogens is 2. The molecule has 0 radical (unpaired) electrons. The van der Waals surface area contributed by atoms with Crippen molar-refractivity contribution in [2.75, 3.05) is 62.4 Å². The molecule has 8 heterocycles. The number of ether oxygens (including phenoxy) is 2. The molecular formula is C37H45BN12O4. The first kappa shape index (κ1) is 37.9. The van der Waals surface area contributed by atoms with Crippen LogP contribution in [0.4, 0.5) is 11.6 Å². The summed E-state index contributed by atoms with van der Waals surface area (Å²) in [5.41, 5.74) is 5.32. The van der Waals surface area contributed by atoms with Crippen molar-refractivity contribution in [3.63, 3.8) is 0 Å². The minimum absolute atomic E-state index is 0. The summed E-state index contributed by atoms with van der Waals surface area (Å²) in [5.74, 6) is 3.46. The normalized spacial score (nSPS) is 14.2. The van der Waals surface area contributed by atoms with Crippen LogP contribution in [0, 0.1) is 6.92 Å². The Morgan fingerprint density at radius 1 is 0.648 bits per heavy atom. The molecule has 0 saturated carbocycles. The number of hydrogen-bond acceptors (Lipinski definition) is 12. The van der Waals surface area contributed by atoms with Crippen LogP contribution in [-0.4, -0.2) is 119 Å². The van der Waals surface area contributed by atoms with Crippen molar-refractivity contribution < 1.29 is 19.5 Å². The molecule has 4 N–H and O–H groups in total. The maximum atomic E-state index is 8.95. The van der Waals surface area contributed by atoms with Crippen molar-refractivity contribution in [3.05, 3.63) is 91.3 Å². The van der Waals surface area contributed by atoms with Gasteiger partial charge in [0.15, 0.2) is 17.5 Å². The van der Waals surface area contributed by atoms with Crippen molar-refractivity contribution in [2.45, 2.75) is 21.8 Å². The van der Waals surface area contributed by atoms with Crippen molar-refractivity contribution in [3.8, 4) is 11.4 Å². The quantitative estimate of drug-likeness (QED) is 0.194. The van der Waals surface area contributed by atoms with Crippen LogP contribution in [0.5, 0.6) is 0 Å². The maximum absolute atomic E-state index is 8.95. The van der Waals surface area contributed by atoms with Gasteiger partial charge >= 0.3 is 7.12 Å². The molecule has 17 heteroatoms. The van der Waals surface area contributed by atoms with E-state index in [1.165, 1.54) is 0 Å². The Balaban J connectivity index is 0.000000145. The van der Waals surface area contributed by atoms with Gasteiger partial charge in [-0.05, 0) is 48.8 Å². The third-order valence-electron chi connectivity index (χ3n) is 8.99. The van der Waals surface area contributed by atoms with Gasteiger partial charge in [0.05, 0.1) is 49.9 Å². The van der Waals surface area contributed by atoms with Gasteiger partial charge in [-0.15, -0.1) is 5.10 Å². The molecule has 0 spiro atoms. The Morgan fingerprint density at radius 3 is 1.80 bits per heavy atom. The molecule has 16 nitrogen and oxygen atoms in total. The zero-order valence-electron chi connectivity index (χ0n) is 28.5. The number of benzene rings is 2. The van der Waals surface area contributed by atoms with E-state index < -0.39 is 7.12 Å². The number of nitrogens with one attached hydrogen (secondary N) is 2. The summed E-state index contributed by atoms with van der Waals surface area (Å²) < 4.78 is 14.6. The Kier molecular flexibility index (Phi) is 11.8. The van der Waals surface area contributed by atoms with E-state index in [0.717, 1.165) is 108 Å². The van der Waals surface area contributed by atoms with Crippen LogP contribution in [0.3, 0.4) is 0 Å². The van der Waals surface area contributed by atoms with Gasteiger partial charge in [-0.3, -0.25) is 10.2 Å². The number of aromatic amines is 2.